The molecular formula is C14H15N5. The second kappa shape index (κ2) is 4.28. The van der Waals surface area contributed by atoms with Gasteiger partial charge in [0.05, 0.1) is 5.69 Å². The minimum Gasteiger partial charge on any atom is -0.378 e. The zero-order valence-corrected chi connectivity index (χ0v) is 10.9. The largest absolute Gasteiger partial charge is 0.378 e. The topological polar surface area (TPSA) is 59.5 Å². The Kier molecular flexibility index (Phi) is 2.59. The van der Waals surface area contributed by atoms with Crippen LogP contribution in [0.1, 0.15) is 0 Å². The molecule has 0 aliphatic heterocycles. The van der Waals surface area contributed by atoms with Gasteiger partial charge in [-0.15, -0.1) is 5.10 Å². The van der Waals surface area contributed by atoms with Gasteiger partial charge in [0.25, 0.3) is 0 Å². The number of nitrogens with zero attached hydrogens (tertiary/aromatic N) is 4. The molecule has 3 aromatic rings. The number of hydrogen-bond donors (Lipinski definition) is 1. The minimum atomic E-state index is 0.288. The van der Waals surface area contributed by atoms with Crippen molar-refractivity contribution in [3.05, 3.63) is 42.5 Å². The third-order valence-electron chi connectivity index (χ3n) is 3.03. The summed E-state index contributed by atoms with van der Waals surface area (Å²) in [4.78, 5) is 6.24. The lowest BCUT2D eigenvalue weighted by atomic mass is 10.1. The van der Waals surface area contributed by atoms with Crippen LogP contribution in [0.2, 0.25) is 0 Å². The van der Waals surface area contributed by atoms with E-state index >= 15 is 0 Å². The normalized spacial score (nSPS) is 10.8. The van der Waals surface area contributed by atoms with Crippen molar-refractivity contribution >= 4 is 17.3 Å². The summed E-state index contributed by atoms with van der Waals surface area (Å²) in [7, 11) is 4.04. The molecule has 0 radical (unpaired) electrons. The first kappa shape index (κ1) is 11.5. The highest BCUT2D eigenvalue weighted by Crippen LogP contribution is 2.24. The third-order valence-corrected chi connectivity index (χ3v) is 3.03. The molecule has 2 N–H and O–H groups in total. The fourth-order valence-electron chi connectivity index (χ4n) is 2.08. The van der Waals surface area contributed by atoms with Gasteiger partial charge in [-0.1, -0.05) is 18.2 Å². The van der Waals surface area contributed by atoms with Crippen molar-refractivity contribution < 1.29 is 0 Å². The van der Waals surface area contributed by atoms with E-state index in [-0.39, 0.29) is 5.95 Å². The van der Waals surface area contributed by atoms with Crippen molar-refractivity contribution in [3.63, 3.8) is 0 Å². The van der Waals surface area contributed by atoms with Crippen LogP contribution in [0.15, 0.2) is 42.5 Å². The average molecular weight is 253 g/mol. The van der Waals surface area contributed by atoms with Crippen LogP contribution in [-0.4, -0.2) is 28.7 Å². The summed E-state index contributed by atoms with van der Waals surface area (Å²) in [5.74, 6) is 0.288. The summed E-state index contributed by atoms with van der Waals surface area (Å²) in [6.07, 6.45) is 0. The Labute approximate surface area is 111 Å². The summed E-state index contributed by atoms with van der Waals surface area (Å²) < 4.78 is 1.77. The van der Waals surface area contributed by atoms with Gasteiger partial charge in [0.2, 0.25) is 5.95 Å². The Bertz CT molecular complexity index is 730. The van der Waals surface area contributed by atoms with Crippen LogP contribution >= 0.6 is 0 Å². The number of hydrogen-bond acceptors (Lipinski definition) is 4. The molecule has 19 heavy (non-hydrogen) atoms. The zero-order chi connectivity index (χ0) is 13.4. The van der Waals surface area contributed by atoms with E-state index in [0.717, 1.165) is 22.6 Å². The molecule has 0 fully saturated rings. The zero-order valence-electron chi connectivity index (χ0n) is 10.9. The van der Waals surface area contributed by atoms with E-state index in [1.54, 1.807) is 4.52 Å². The monoisotopic (exact) mass is 253 g/mol. The fourth-order valence-corrected chi connectivity index (χ4v) is 2.08. The number of nitrogen functional groups attached to an aromatic ring is 1. The number of anilines is 2. The first-order chi connectivity index (χ1) is 9.15. The van der Waals surface area contributed by atoms with E-state index in [1.807, 2.05) is 38.4 Å². The van der Waals surface area contributed by atoms with Gasteiger partial charge in [-0.25, -0.2) is 4.52 Å². The standard InChI is InChI=1S/C14H15N5/c1-18(2)11-6-3-5-10(9-11)12-7-4-8-13-16-14(15)17-19(12)13/h3-9H,1-2H3,(H2,15,17). The third kappa shape index (κ3) is 1.99. The number of aromatic nitrogens is 3. The molecule has 0 saturated carbocycles. The maximum absolute atomic E-state index is 5.66. The Morgan fingerprint density at radius 2 is 1.89 bits per heavy atom. The smallest absolute Gasteiger partial charge is 0.240 e. The Morgan fingerprint density at radius 3 is 2.68 bits per heavy atom. The van der Waals surface area contributed by atoms with Gasteiger partial charge in [-0.3, -0.25) is 0 Å². The molecule has 2 heterocycles. The van der Waals surface area contributed by atoms with Gasteiger partial charge in [0.1, 0.15) is 0 Å². The van der Waals surface area contributed by atoms with Crippen LogP contribution < -0.4 is 10.6 Å². The number of pyridine rings is 1. The Balaban J connectivity index is 2.21. The van der Waals surface area contributed by atoms with E-state index in [0.29, 0.717) is 0 Å². The van der Waals surface area contributed by atoms with E-state index in [1.165, 1.54) is 0 Å². The van der Waals surface area contributed by atoms with Gasteiger partial charge in [-0.2, -0.15) is 4.98 Å². The number of benzene rings is 1. The summed E-state index contributed by atoms with van der Waals surface area (Å²) in [5.41, 5.74) is 9.62. The molecule has 3 rings (SSSR count). The summed E-state index contributed by atoms with van der Waals surface area (Å²) >= 11 is 0. The maximum Gasteiger partial charge on any atom is 0.240 e. The lowest BCUT2D eigenvalue weighted by Gasteiger charge is -2.13. The molecule has 0 saturated heterocycles. The number of rotatable bonds is 2. The molecular weight excluding hydrogens is 238 g/mol. The molecule has 1 aromatic carbocycles. The maximum atomic E-state index is 5.66. The highest BCUT2D eigenvalue weighted by molar-refractivity contribution is 5.68. The number of nitrogens with two attached hydrogens (primary N) is 1. The molecule has 5 heteroatoms. The van der Waals surface area contributed by atoms with E-state index in [2.05, 4.69) is 33.2 Å². The van der Waals surface area contributed by atoms with Gasteiger partial charge < -0.3 is 10.6 Å². The second-order valence-corrected chi connectivity index (χ2v) is 4.60. The van der Waals surface area contributed by atoms with Gasteiger partial charge in [-0.05, 0) is 24.3 Å². The molecule has 0 aliphatic carbocycles. The molecule has 0 unspecified atom stereocenters. The van der Waals surface area contributed by atoms with Crippen molar-refractivity contribution in [2.24, 2.45) is 0 Å². The molecule has 0 atom stereocenters. The SMILES string of the molecule is CN(C)c1cccc(-c2cccc3nc(N)nn23)c1. The molecule has 5 nitrogen and oxygen atoms in total. The van der Waals surface area contributed by atoms with E-state index in [9.17, 15) is 0 Å². The van der Waals surface area contributed by atoms with Crippen LogP contribution in [0.4, 0.5) is 11.6 Å². The van der Waals surface area contributed by atoms with E-state index < -0.39 is 0 Å². The van der Waals surface area contributed by atoms with E-state index in [4.69, 9.17) is 5.73 Å². The lowest BCUT2D eigenvalue weighted by molar-refractivity contribution is 0.976. The highest BCUT2D eigenvalue weighted by atomic mass is 15.3. The summed E-state index contributed by atoms with van der Waals surface area (Å²) in [6, 6.07) is 14.1. The molecule has 2 aromatic heterocycles. The second-order valence-electron chi connectivity index (χ2n) is 4.60. The fraction of sp³-hybridized carbons (Fsp3) is 0.143. The highest BCUT2D eigenvalue weighted by Gasteiger charge is 2.07. The van der Waals surface area contributed by atoms with Gasteiger partial charge >= 0.3 is 0 Å². The first-order valence-electron chi connectivity index (χ1n) is 6.04. The Morgan fingerprint density at radius 1 is 1.11 bits per heavy atom. The first-order valence-corrected chi connectivity index (χ1v) is 6.04. The van der Waals surface area contributed by atoms with Gasteiger partial charge in [0.15, 0.2) is 5.65 Å². The molecule has 0 spiro atoms. The van der Waals surface area contributed by atoms with Crippen LogP contribution in [0.3, 0.4) is 0 Å². The predicted molar refractivity (Wildman–Crippen MR) is 77.2 cm³/mol. The molecule has 0 amide bonds. The van der Waals surface area contributed by atoms with Crippen molar-refractivity contribution in [2.75, 3.05) is 24.7 Å². The van der Waals surface area contributed by atoms with Crippen molar-refractivity contribution in [1.82, 2.24) is 14.6 Å². The quantitative estimate of drug-likeness (QED) is 0.759. The van der Waals surface area contributed by atoms with Crippen LogP contribution in [0.25, 0.3) is 16.9 Å². The van der Waals surface area contributed by atoms with Crippen molar-refractivity contribution in [2.45, 2.75) is 0 Å². The van der Waals surface area contributed by atoms with Crippen LogP contribution in [-0.2, 0) is 0 Å². The molecule has 0 aliphatic rings. The lowest BCUT2D eigenvalue weighted by Crippen LogP contribution is -2.08. The minimum absolute atomic E-state index is 0.288. The average Bonchev–Trinajstić information content (AvgIpc) is 2.78. The summed E-state index contributed by atoms with van der Waals surface area (Å²) in [6.45, 7) is 0. The summed E-state index contributed by atoms with van der Waals surface area (Å²) in [5, 5.41) is 4.23. The van der Waals surface area contributed by atoms with Crippen molar-refractivity contribution in [3.8, 4) is 11.3 Å². The molecule has 96 valence electrons. The van der Waals surface area contributed by atoms with Crippen molar-refractivity contribution in [1.29, 1.82) is 0 Å². The van der Waals surface area contributed by atoms with Gasteiger partial charge in [0, 0.05) is 25.3 Å². The predicted octanol–water partition coefficient (Wildman–Crippen LogP) is 2.04. The van der Waals surface area contributed by atoms with Crippen LogP contribution in [0, 0.1) is 0 Å². The van der Waals surface area contributed by atoms with Crippen LogP contribution in [0.5, 0.6) is 0 Å². The molecule has 0 bridgehead atoms. The Hall–Kier alpha value is -2.56. The number of fused-ring (bicyclic) bond motifs is 1.